The highest BCUT2D eigenvalue weighted by Gasteiger charge is 2.32. The summed E-state index contributed by atoms with van der Waals surface area (Å²) in [6, 6.07) is 14.0. The lowest BCUT2D eigenvalue weighted by atomic mass is 10.1. The topological polar surface area (TPSA) is 58.1 Å². The first-order chi connectivity index (χ1) is 14.9. The van der Waals surface area contributed by atoms with Gasteiger partial charge in [0.2, 0.25) is 0 Å². The third-order valence-electron chi connectivity index (χ3n) is 5.14. The number of guanidine groups is 1. The van der Waals surface area contributed by atoms with Crippen LogP contribution in [0.2, 0.25) is 0 Å². The van der Waals surface area contributed by atoms with Gasteiger partial charge in [-0.2, -0.15) is 0 Å². The second-order valence-electron chi connectivity index (χ2n) is 7.23. The summed E-state index contributed by atoms with van der Waals surface area (Å²) < 4.78 is 47.3. The first kappa shape index (κ1) is 22.6. The van der Waals surface area contributed by atoms with Gasteiger partial charge in [0.1, 0.15) is 11.5 Å². The molecule has 2 N–H and O–H groups in total. The molecule has 0 aliphatic carbocycles. The van der Waals surface area contributed by atoms with Crippen molar-refractivity contribution in [3.05, 3.63) is 54.1 Å². The maximum atomic E-state index is 12.6. The van der Waals surface area contributed by atoms with E-state index in [2.05, 4.69) is 31.3 Å². The molecule has 0 aromatic heterocycles. The number of rotatable bonds is 7. The molecule has 2 aromatic carbocycles. The minimum atomic E-state index is -4.73. The van der Waals surface area contributed by atoms with E-state index in [0.29, 0.717) is 24.0 Å². The van der Waals surface area contributed by atoms with E-state index in [1.54, 1.807) is 26.3 Å². The van der Waals surface area contributed by atoms with E-state index in [-0.39, 0.29) is 12.3 Å². The van der Waals surface area contributed by atoms with Gasteiger partial charge in [-0.05, 0) is 30.5 Å². The third-order valence-corrected chi connectivity index (χ3v) is 5.14. The number of hydrogen-bond donors (Lipinski definition) is 2. The first-order valence-corrected chi connectivity index (χ1v) is 10.1. The zero-order chi connectivity index (χ0) is 22.3. The van der Waals surface area contributed by atoms with Crippen LogP contribution in [0.1, 0.15) is 12.0 Å². The molecular formula is C22H27F3N4O2. The van der Waals surface area contributed by atoms with Gasteiger partial charge in [-0.3, -0.25) is 4.99 Å². The number of methoxy groups -OCH3 is 1. The maximum Gasteiger partial charge on any atom is 0.573 e. The Labute approximate surface area is 180 Å². The Kier molecular flexibility index (Phi) is 7.49. The Morgan fingerprint density at radius 1 is 1.10 bits per heavy atom. The quantitative estimate of drug-likeness (QED) is 0.511. The SMILES string of the molecule is CN=C(NCc1ccccc1OC(F)(F)F)NCC1CCN(c2ccccc2OC)C1. The summed E-state index contributed by atoms with van der Waals surface area (Å²) in [5, 5.41) is 6.32. The Bertz CT molecular complexity index is 889. The van der Waals surface area contributed by atoms with Crippen LogP contribution in [0.4, 0.5) is 18.9 Å². The third kappa shape index (κ3) is 6.44. The second kappa shape index (κ2) is 10.3. The van der Waals surface area contributed by atoms with Gasteiger partial charge in [0.05, 0.1) is 12.8 Å². The summed E-state index contributed by atoms with van der Waals surface area (Å²) in [6.45, 7) is 2.67. The number of hydrogen-bond acceptors (Lipinski definition) is 4. The van der Waals surface area contributed by atoms with Crippen molar-refractivity contribution in [1.82, 2.24) is 10.6 Å². The molecule has 1 fully saturated rings. The predicted molar refractivity (Wildman–Crippen MR) is 115 cm³/mol. The lowest BCUT2D eigenvalue weighted by molar-refractivity contribution is -0.274. The zero-order valence-corrected chi connectivity index (χ0v) is 17.6. The van der Waals surface area contributed by atoms with E-state index < -0.39 is 6.36 Å². The number of halogens is 3. The molecule has 0 bridgehead atoms. The molecule has 1 unspecified atom stereocenters. The van der Waals surface area contributed by atoms with Gasteiger partial charge in [0, 0.05) is 38.8 Å². The molecule has 1 saturated heterocycles. The van der Waals surface area contributed by atoms with Crippen LogP contribution < -0.4 is 25.0 Å². The number of para-hydroxylation sites is 3. The number of nitrogens with one attached hydrogen (secondary N) is 2. The molecule has 0 saturated carbocycles. The summed E-state index contributed by atoms with van der Waals surface area (Å²) >= 11 is 0. The van der Waals surface area contributed by atoms with Crippen LogP contribution in [0.5, 0.6) is 11.5 Å². The minimum absolute atomic E-state index is 0.157. The van der Waals surface area contributed by atoms with Gasteiger partial charge in [-0.1, -0.05) is 30.3 Å². The lowest BCUT2D eigenvalue weighted by Crippen LogP contribution is -2.40. The van der Waals surface area contributed by atoms with Gasteiger partial charge in [0.25, 0.3) is 0 Å². The highest BCUT2D eigenvalue weighted by molar-refractivity contribution is 5.79. The van der Waals surface area contributed by atoms with Crippen LogP contribution in [0.15, 0.2) is 53.5 Å². The zero-order valence-electron chi connectivity index (χ0n) is 17.6. The number of benzene rings is 2. The average Bonchev–Trinajstić information content (AvgIpc) is 3.22. The lowest BCUT2D eigenvalue weighted by Gasteiger charge is -2.21. The molecule has 6 nitrogen and oxygen atoms in total. The molecule has 0 spiro atoms. The Balaban J connectivity index is 1.51. The molecule has 168 valence electrons. The summed E-state index contributed by atoms with van der Waals surface area (Å²) in [6.07, 6.45) is -3.71. The van der Waals surface area contributed by atoms with Gasteiger partial charge in [0.15, 0.2) is 5.96 Å². The monoisotopic (exact) mass is 436 g/mol. The van der Waals surface area contributed by atoms with Crippen LogP contribution in [0, 0.1) is 5.92 Å². The van der Waals surface area contributed by atoms with Crippen molar-refractivity contribution in [3.63, 3.8) is 0 Å². The standard InChI is InChI=1S/C22H27F3N4O2/c1-26-21(28-14-17-7-3-5-9-19(17)31-22(23,24)25)27-13-16-11-12-29(15-16)18-8-4-6-10-20(18)30-2/h3-10,16H,11-15H2,1-2H3,(H2,26,27,28). The van der Waals surface area contributed by atoms with E-state index in [0.717, 1.165) is 30.9 Å². The van der Waals surface area contributed by atoms with Gasteiger partial charge in [-0.25, -0.2) is 0 Å². The Morgan fingerprint density at radius 3 is 2.52 bits per heavy atom. The van der Waals surface area contributed by atoms with Crippen LogP contribution >= 0.6 is 0 Å². The summed E-state index contributed by atoms with van der Waals surface area (Å²) in [5.41, 5.74) is 1.47. The molecule has 9 heteroatoms. The fourth-order valence-electron chi connectivity index (χ4n) is 3.62. The molecule has 1 aliphatic rings. The van der Waals surface area contributed by atoms with Gasteiger partial charge >= 0.3 is 6.36 Å². The molecule has 2 aromatic rings. The number of nitrogens with zero attached hydrogens (tertiary/aromatic N) is 2. The maximum absolute atomic E-state index is 12.6. The number of alkyl halides is 3. The Hall–Kier alpha value is -3.10. The van der Waals surface area contributed by atoms with E-state index >= 15 is 0 Å². The van der Waals surface area contributed by atoms with E-state index in [1.807, 2.05) is 18.2 Å². The molecule has 0 amide bonds. The highest BCUT2D eigenvalue weighted by atomic mass is 19.4. The van der Waals surface area contributed by atoms with Crippen molar-refractivity contribution in [2.45, 2.75) is 19.3 Å². The van der Waals surface area contributed by atoms with E-state index in [4.69, 9.17) is 4.74 Å². The molecule has 1 aliphatic heterocycles. The summed E-state index contributed by atoms with van der Waals surface area (Å²) in [5.74, 6) is 1.57. The number of aliphatic imine (C=N–C) groups is 1. The fourth-order valence-corrected chi connectivity index (χ4v) is 3.62. The van der Waals surface area contributed by atoms with Crippen molar-refractivity contribution in [3.8, 4) is 11.5 Å². The molecular weight excluding hydrogens is 409 g/mol. The number of ether oxygens (including phenoxy) is 2. The van der Waals surface area contributed by atoms with E-state index in [1.165, 1.54) is 12.1 Å². The molecule has 1 heterocycles. The fraction of sp³-hybridized carbons (Fsp3) is 0.409. The van der Waals surface area contributed by atoms with Crippen LogP contribution in [0.25, 0.3) is 0 Å². The van der Waals surface area contributed by atoms with Crippen molar-refractivity contribution in [1.29, 1.82) is 0 Å². The summed E-state index contributed by atoms with van der Waals surface area (Å²) in [7, 11) is 3.30. The van der Waals surface area contributed by atoms with Crippen LogP contribution in [0.3, 0.4) is 0 Å². The minimum Gasteiger partial charge on any atom is -0.495 e. The Morgan fingerprint density at radius 2 is 1.81 bits per heavy atom. The highest BCUT2D eigenvalue weighted by Crippen LogP contribution is 2.31. The average molecular weight is 436 g/mol. The molecule has 3 rings (SSSR count). The van der Waals surface area contributed by atoms with Crippen molar-refractivity contribution >= 4 is 11.6 Å². The van der Waals surface area contributed by atoms with Crippen molar-refractivity contribution < 1.29 is 22.6 Å². The van der Waals surface area contributed by atoms with Gasteiger partial charge in [-0.15, -0.1) is 13.2 Å². The smallest absolute Gasteiger partial charge is 0.495 e. The number of anilines is 1. The van der Waals surface area contributed by atoms with E-state index in [9.17, 15) is 13.2 Å². The molecule has 1 atom stereocenters. The molecule has 0 radical (unpaired) electrons. The van der Waals surface area contributed by atoms with Crippen molar-refractivity contribution in [2.24, 2.45) is 10.9 Å². The summed E-state index contributed by atoms with van der Waals surface area (Å²) in [4.78, 5) is 6.47. The largest absolute Gasteiger partial charge is 0.573 e. The first-order valence-electron chi connectivity index (χ1n) is 10.1. The normalized spacial score (nSPS) is 16.9. The van der Waals surface area contributed by atoms with Crippen LogP contribution in [-0.4, -0.2) is 46.1 Å². The second-order valence-corrected chi connectivity index (χ2v) is 7.23. The van der Waals surface area contributed by atoms with Gasteiger partial charge < -0.3 is 25.0 Å². The predicted octanol–water partition coefficient (Wildman–Crippen LogP) is 3.79. The van der Waals surface area contributed by atoms with Crippen LogP contribution in [-0.2, 0) is 6.54 Å². The van der Waals surface area contributed by atoms with Crippen molar-refractivity contribution in [2.75, 3.05) is 38.7 Å². The molecule has 31 heavy (non-hydrogen) atoms.